The largest absolute Gasteiger partial charge is 0.497 e. The van der Waals surface area contributed by atoms with Gasteiger partial charge in [-0.3, -0.25) is 10.1 Å². The fraction of sp³-hybridized carbons (Fsp3) is 0.378. The molecule has 0 radical (unpaired) electrons. The molecule has 0 saturated carbocycles. The molecule has 9 heteroatoms. The van der Waals surface area contributed by atoms with Crippen molar-refractivity contribution >= 4 is 23.3 Å². The smallest absolute Gasteiger partial charge is 0.324 e. The van der Waals surface area contributed by atoms with Crippen LogP contribution in [0.4, 0.5) is 16.3 Å². The number of ketones is 1. The summed E-state index contributed by atoms with van der Waals surface area (Å²) in [5.41, 5.74) is 4.84. The number of Topliss-reactive ketones (excluding diaryl/α,β-unsaturated/α-hetero) is 1. The number of amides is 2. The summed E-state index contributed by atoms with van der Waals surface area (Å²) in [5.74, 6) is 1.64. The van der Waals surface area contributed by atoms with Crippen LogP contribution in [0, 0.1) is 12.8 Å². The summed E-state index contributed by atoms with van der Waals surface area (Å²) >= 11 is 0. The number of carbonyl (C=O) groups is 2. The van der Waals surface area contributed by atoms with Crippen molar-refractivity contribution in [3.63, 3.8) is 0 Å². The topological polar surface area (TPSA) is 107 Å². The third-order valence-corrected chi connectivity index (χ3v) is 8.60. The molecule has 1 fully saturated rings. The summed E-state index contributed by atoms with van der Waals surface area (Å²) in [4.78, 5) is 27.9. The van der Waals surface area contributed by atoms with Crippen molar-refractivity contribution in [3.8, 4) is 17.2 Å². The van der Waals surface area contributed by atoms with Gasteiger partial charge in [-0.15, -0.1) is 0 Å². The highest BCUT2D eigenvalue weighted by atomic mass is 16.5. The molecule has 4 aromatic rings. The molecule has 0 spiro atoms. The first kappa shape index (κ1) is 32.8. The van der Waals surface area contributed by atoms with Gasteiger partial charge in [-0.25, -0.2) is 9.48 Å². The first-order chi connectivity index (χ1) is 22.1. The average molecular weight is 624 g/mol. The third-order valence-electron chi connectivity index (χ3n) is 8.60. The van der Waals surface area contributed by atoms with E-state index in [-0.39, 0.29) is 23.5 Å². The summed E-state index contributed by atoms with van der Waals surface area (Å²) in [6, 6.07) is 22.7. The average Bonchev–Trinajstić information content (AvgIpc) is 3.47. The number of nitrogens with one attached hydrogen (secondary N) is 3. The lowest BCUT2D eigenvalue weighted by Crippen LogP contribution is -2.34. The van der Waals surface area contributed by atoms with E-state index in [1.165, 1.54) is 0 Å². The van der Waals surface area contributed by atoms with E-state index in [4.69, 9.17) is 14.6 Å². The standard InChI is InChI=1S/C37H45N5O4/c1-24-11-14-27(15-12-24)42-34(23-33(41-42)37(2,3)4)40-36(44)39-30-10-8-7-9-29(30)35(25-17-19-38-20-18-25)31(43)21-26-13-16-28(45-5)22-32(26)46-6/h7-16,22-23,25,35,38H,17-21H2,1-6H3,(H2,39,40,44). The van der Waals surface area contributed by atoms with E-state index in [9.17, 15) is 9.59 Å². The molecule has 5 rings (SSSR count). The molecule has 1 atom stereocenters. The number of hydrogen-bond donors (Lipinski definition) is 3. The molecule has 0 bridgehead atoms. The van der Waals surface area contributed by atoms with Crippen LogP contribution in [0.3, 0.4) is 0 Å². The van der Waals surface area contributed by atoms with Crippen molar-refractivity contribution in [1.29, 1.82) is 0 Å². The number of benzene rings is 3. The summed E-state index contributed by atoms with van der Waals surface area (Å²) in [6.45, 7) is 9.99. The Bertz CT molecular complexity index is 1670. The minimum atomic E-state index is -0.408. The van der Waals surface area contributed by atoms with Crippen molar-refractivity contribution in [3.05, 3.63) is 95.2 Å². The lowest BCUT2D eigenvalue weighted by molar-refractivity contribution is -0.121. The van der Waals surface area contributed by atoms with Crippen molar-refractivity contribution in [2.75, 3.05) is 37.9 Å². The molecule has 46 heavy (non-hydrogen) atoms. The van der Waals surface area contributed by atoms with Crippen LogP contribution in [-0.2, 0) is 16.6 Å². The van der Waals surface area contributed by atoms with Gasteiger partial charge in [-0.1, -0.05) is 62.7 Å². The number of nitrogens with zero attached hydrogens (tertiary/aromatic N) is 2. The van der Waals surface area contributed by atoms with Gasteiger partial charge in [0.05, 0.1) is 25.6 Å². The minimum absolute atomic E-state index is 0.0808. The lowest BCUT2D eigenvalue weighted by atomic mass is 9.76. The highest BCUT2D eigenvalue weighted by Crippen LogP contribution is 2.38. The molecule has 2 heterocycles. The van der Waals surface area contributed by atoms with Crippen LogP contribution >= 0.6 is 0 Å². The van der Waals surface area contributed by atoms with Crippen LogP contribution in [0.1, 0.15) is 61.9 Å². The number of para-hydroxylation sites is 1. The summed E-state index contributed by atoms with van der Waals surface area (Å²) in [7, 11) is 3.20. The monoisotopic (exact) mass is 623 g/mol. The molecule has 1 aliphatic heterocycles. The third kappa shape index (κ3) is 7.59. The molecule has 3 aromatic carbocycles. The van der Waals surface area contributed by atoms with Gasteiger partial charge in [0.25, 0.3) is 0 Å². The number of methoxy groups -OCH3 is 2. The zero-order valence-electron chi connectivity index (χ0n) is 27.6. The number of aromatic nitrogens is 2. The number of carbonyl (C=O) groups excluding carboxylic acids is 2. The highest BCUT2D eigenvalue weighted by molar-refractivity contribution is 6.01. The van der Waals surface area contributed by atoms with Crippen LogP contribution in [0.15, 0.2) is 72.8 Å². The highest BCUT2D eigenvalue weighted by Gasteiger charge is 2.33. The van der Waals surface area contributed by atoms with E-state index in [2.05, 4.69) is 36.7 Å². The Hall–Kier alpha value is -4.63. The second kappa shape index (κ2) is 14.2. The predicted octanol–water partition coefficient (Wildman–Crippen LogP) is 7.03. The number of urea groups is 1. The Kier molecular flexibility index (Phi) is 10.1. The Morgan fingerprint density at radius 3 is 2.35 bits per heavy atom. The second-order valence-electron chi connectivity index (χ2n) is 13.0. The van der Waals surface area contributed by atoms with E-state index in [1.807, 2.05) is 73.7 Å². The van der Waals surface area contributed by atoms with E-state index in [1.54, 1.807) is 25.0 Å². The minimum Gasteiger partial charge on any atom is -0.497 e. The Morgan fingerprint density at radius 1 is 0.957 bits per heavy atom. The van der Waals surface area contributed by atoms with Crippen LogP contribution in [0.5, 0.6) is 11.5 Å². The number of anilines is 2. The number of ether oxygens (including phenoxy) is 2. The van der Waals surface area contributed by atoms with Crippen LogP contribution in [0.25, 0.3) is 5.69 Å². The SMILES string of the molecule is COc1ccc(CC(=O)C(c2ccccc2NC(=O)Nc2cc(C(C)(C)C)nn2-c2ccc(C)cc2)C2CCNCC2)c(OC)c1. The maximum atomic E-state index is 14.2. The second-order valence-corrected chi connectivity index (χ2v) is 13.0. The van der Waals surface area contributed by atoms with Crippen LogP contribution in [-0.4, -0.2) is 48.9 Å². The zero-order valence-corrected chi connectivity index (χ0v) is 27.6. The molecule has 9 nitrogen and oxygen atoms in total. The molecular formula is C37H45N5O4. The molecule has 1 aromatic heterocycles. The fourth-order valence-electron chi connectivity index (χ4n) is 6.03. The molecule has 1 saturated heterocycles. The molecule has 242 valence electrons. The van der Waals surface area contributed by atoms with E-state index in [0.717, 1.165) is 54.0 Å². The molecular weight excluding hydrogens is 578 g/mol. The maximum Gasteiger partial charge on any atom is 0.324 e. The van der Waals surface area contributed by atoms with Crippen molar-refractivity contribution in [1.82, 2.24) is 15.1 Å². The summed E-state index contributed by atoms with van der Waals surface area (Å²) < 4.78 is 12.7. The van der Waals surface area contributed by atoms with Gasteiger partial charge in [0.15, 0.2) is 0 Å². The van der Waals surface area contributed by atoms with Crippen molar-refractivity contribution in [2.24, 2.45) is 5.92 Å². The Balaban J connectivity index is 1.44. The maximum absolute atomic E-state index is 14.2. The van der Waals surface area contributed by atoms with E-state index < -0.39 is 11.9 Å². The number of piperidine rings is 1. The lowest BCUT2D eigenvalue weighted by Gasteiger charge is -2.31. The molecule has 1 aliphatic rings. The van der Waals surface area contributed by atoms with Gasteiger partial charge in [0, 0.05) is 41.1 Å². The van der Waals surface area contributed by atoms with Gasteiger partial charge < -0.3 is 20.1 Å². The first-order valence-electron chi connectivity index (χ1n) is 15.9. The normalized spacial score (nSPS) is 14.4. The number of rotatable bonds is 10. The molecule has 1 unspecified atom stereocenters. The van der Waals surface area contributed by atoms with Gasteiger partial charge in [-0.2, -0.15) is 5.10 Å². The van der Waals surface area contributed by atoms with Gasteiger partial charge >= 0.3 is 6.03 Å². The van der Waals surface area contributed by atoms with Gasteiger partial charge in [0.2, 0.25) is 0 Å². The van der Waals surface area contributed by atoms with E-state index in [0.29, 0.717) is 23.0 Å². The van der Waals surface area contributed by atoms with Crippen molar-refractivity contribution in [2.45, 2.75) is 58.3 Å². The first-order valence-corrected chi connectivity index (χ1v) is 15.9. The quantitative estimate of drug-likeness (QED) is 0.175. The predicted molar refractivity (Wildman–Crippen MR) is 183 cm³/mol. The zero-order chi connectivity index (χ0) is 32.8. The fourth-order valence-corrected chi connectivity index (χ4v) is 6.03. The number of aryl methyl sites for hydroxylation is 1. The summed E-state index contributed by atoms with van der Waals surface area (Å²) in [6.07, 6.45) is 1.93. The molecule has 2 amide bonds. The van der Waals surface area contributed by atoms with E-state index >= 15 is 0 Å². The van der Waals surface area contributed by atoms with Crippen LogP contribution in [0.2, 0.25) is 0 Å². The summed E-state index contributed by atoms with van der Waals surface area (Å²) in [5, 5.41) is 14.4. The van der Waals surface area contributed by atoms with Gasteiger partial charge in [0.1, 0.15) is 23.1 Å². The molecule has 3 N–H and O–H groups in total. The Morgan fingerprint density at radius 2 is 1.67 bits per heavy atom. The van der Waals surface area contributed by atoms with Crippen molar-refractivity contribution < 1.29 is 19.1 Å². The molecule has 0 aliphatic carbocycles. The van der Waals surface area contributed by atoms with Gasteiger partial charge in [-0.05, 0) is 68.6 Å². The Labute approximate surface area is 271 Å². The number of hydrogen-bond acceptors (Lipinski definition) is 6. The van der Waals surface area contributed by atoms with Crippen LogP contribution < -0.4 is 25.4 Å².